The van der Waals surface area contributed by atoms with Gasteiger partial charge in [0.1, 0.15) is 0 Å². The highest BCUT2D eigenvalue weighted by Crippen LogP contribution is 2.30. The molecule has 1 N–H and O–H groups in total. The minimum absolute atomic E-state index is 0.0176. The van der Waals surface area contributed by atoms with Gasteiger partial charge in [-0.05, 0) is 20.0 Å². The largest absolute Gasteiger partial charge is 0.502 e. The van der Waals surface area contributed by atoms with E-state index in [-0.39, 0.29) is 17.5 Å². The normalized spacial score (nSPS) is 19.9. The highest BCUT2D eigenvalue weighted by molar-refractivity contribution is 5.98. The van der Waals surface area contributed by atoms with Crippen LogP contribution in [0.1, 0.15) is 17.3 Å². The van der Waals surface area contributed by atoms with Crippen molar-refractivity contribution in [2.75, 3.05) is 26.7 Å². The summed E-state index contributed by atoms with van der Waals surface area (Å²) < 4.78 is 0. The molecular weight excluding hydrogens is 262 g/mol. The van der Waals surface area contributed by atoms with Gasteiger partial charge in [-0.15, -0.1) is 0 Å². The van der Waals surface area contributed by atoms with E-state index < -0.39 is 16.4 Å². The summed E-state index contributed by atoms with van der Waals surface area (Å²) in [6.07, 6.45) is 0. The second kappa shape index (κ2) is 5.46. The van der Waals surface area contributed by atoms with Crippen LogP contribution in [0.3, 0.4) is 0 Å². The van der Waals surface area contributed by atoms with E-state index in [2.05, 4.69) is 4.90 Å². The molecule has 1 heterocycles. The maximum absolute atomic E-state index is 12.4. The predicted octanol–water partition coefficient (Wildman–Crippen LogP) is 1.08. The van der Waals surface area contributed by atoms with E-state index >= 15 is 0 Å². The monoisotopic (exact) mass is 279 g/mol. The zero-order chi connectivity index (χ0) is 14.9. The van der Waals surface area contributed by atoms with Crippen LogP contribution in [-0.4, -0.2) is 58.5 Å². The number of aromatic hydroxyl groups is 1. The van der Waals surface area contributed by atoms with Crippen molar-refractivity contribution in [1.29, 1.82) is 0 Å². The minimum atomic E-state index is -0.696. The molecule has 0 aliphatic carbocycles. The molecule has 1 aliphatic heterocycles. The van der Waals surface area contributed by atoms with Gasteiger partial charge in [0.05, 0.1) is 10.5 Å². The van der Waals surface area contributed by atoms with Gasteiger partial charge in [0.15, 0.2) is 0 Å². The summed E-state index contributed by atoms with van der Waals surface area (Å²) in [5.41, 5.74) is -0.464. The SMILES string of the molecule is CC1CN(C(=O)c2cccc([N+](=O)[O-])c2O)CCN1C. The molecular formula is C13H17N3O4. The number of carbonyl (C=O) groups excluding carboxylic acids is 1. The molecule has 0 radical (unpaired) electrons. The van der Waals surface area contributed by atoms with Crippen LogP contribution >= 0.6 is 0 Å². The van der Waals surface area contributed by atoms with Crippen LogP contribution < -0.4 is 0 Å². The van der Waals surface area contributed by atoms with E-state index in [0.717, 1.165) is 6.54 Å². The van der Waals surface area contributed by atoms with Crippen molar-refractivity contribution in [3.8, 4) is 5.75 Å². The summed E-state index contributed by atoms with van der Waals surface area (Å²) in [7, 11) is 1.98. The number of nitrogens with zero attached hydrogens (tertiary/aromatic N) is 3. The number of amides is 1. The number of rotatable bonds is 2. The quantitative estimate of drug-likeness (QED) is 0.646. The Balaban J connectivity index is 2.26. The van der Waals surface area contributed by atoms with Crippen molar-refractivity contribution in [1.82, 2.24) is 9.80 Å². The summed E-state index contributed by atoms with van der Waals surface area (Å²) in [5.74, 6) is -0.930. The van der Waals surface area contributed by atoms with E-state index in [0.29, 0.717) is 13.1 Å². The number of benzene rings is 1. The topological polar surface area (TPSA) is 86.9 Å². The molecule has 1 amide bonds. The lowest BCUT2D eigenvalue weighted by Crippen LogP contribution is -2.52. The fraction of sp³-hybridized carbons (Fsp3) is 0.462. The number of phenolic OH excluding ortho intramolecular Hbond substituents is 1. The number of hydrogen-bond acceptors (Lipinski definition) is 5. The predicted molar refractivity (Wildman–Crippen MR) is 72.8 cm³/mol. The standard InChI is InChI=1S/C13H17N3O4/c1-9-8-15(7-6-14(9)2)13(18)10-4-3-5-11(12(10)17)16(19)20/h3-5,9,17H,6-8H2,1-2H3. The summed E-state index contributed by atoms with van der Waals surface area (Å²) in [6, 6.07) is 4.21. The first-order chi connectivity index (χ1) is 9.41. The number of hydrogen-bond donors (Lipinski definition) is 1. The number of nitro groups is 1. The van der Waals surface area contributed by atoms with Crippen LogP contribution in [0.25, 0.3) is 0 Å². The van der Waals surface area contributed by atoms with Gasteiger partial charge in [0.2, 0.25) is 5.75 Å². The molecule has 0 bridgehead atoms. The van der Waals surface area contributed by atoms with Crippen LogP contribution in [0, 0.1) is 10.1 Å². The molecule has 1 aliphatic rings. The number of para-hydroxylation sites is 1. The van der Waals surface area contributed by atoms with Gasteiger partial charge < -0.3 is 14.9 Å². The van der Waals surface area contributed by atoms with Gasteiger partial charge in [0, 0.05) is 31.7 Å². The molecule has 1 atom stereocenters. The number of phenols is 1. The highest BCUT2D eigenvalue weighted by atomic mass is 16.6. The molecule has 108 valence electrons. The zero-order valence-electron chi connectivity index (χ0n) is 11.4. The molecule has 1 aromatic rings. The number of piperazine rings is 1. The van der Waals surface area contributed by atoms with Crippen LogP contribution in [0.15, 0.2) is 18.2 Å². The number of nitro benzene ring substituents is 1. The van der Waals surface area contributed by atoms with Gasteiger partial charge in [-0.1, -0.05) is 6.07 Å². The maximum atomic E-state index is 12.4. The Labute approximate surface area is 116 Å². The molecule has 7 nitrogen and oxygen atoms in total. The molecule has 2 rings (SSSR count). The first-order valence-electron chi connectivity index (χ1n) is 6.37. The van der Waals surface area contributed by atoms with Gasteiger partial charge in [0.25, 0.3) is 5.91 Å². The van der Waals surface area contributed by atoms with Gasteiger partial charge >= 0.3 is 5.69 Å². The number of likely N-dealkylation sites (N-methyl/N-ethyl adjacent to an activating group) is 1. The molecule has 0 aromatic heterocycles. The van der Waals surface area contributed by atoms with E-state index in [9.17, 15) is 20.0 Å². The van der Waals surface area contributed by atoms with E-state index in [4.69, 9.17) is 0 Å². The molecule has 1 unspecified atom stereocenters. The van der Waals surface area contributed by atoms with Crippen LogP contribution in [0.2, 0.25) is 0 Å². The number of carbonyl (C=O) groups is 1. The second-order valence-electron chi connectivity index (χ2n) is 5.01. The smallest absolute Gasteiger partial charge is 0.311 e. The van der Waals surface area contributed by atoms with Gasteiger partial charge in [-0.3, -0.25) is 14.9 Å². The zero-order valence-corrected chi connectivity index (χ0v) is 11.4. The summed E-state index contributed by atoms with van der Waals surface area (Å²) in [4.78, 5) is 26.2. The van der Waals surface area contributed by atoms with Crippen molar-refractivity contribution < 1.29 is 14.8 Å². The average Bonchev–Trinajstić information content (AvgIpc) is 2.41. The third-order valence-electron chi connectivity index (χ3n) is 3.69. The fourth-order valence-corrected chi connectivity index (χ4v) is 2.25. The molecule has 1 saturated heterocycles. The molecule has 1 fully saturated rings. The fourth-order valence-electron chi connectivity index (χ4n) is 2.25. The Morgan fingerprint density at radius 2 is 2.15 bits per heavy atom. The molecule has 7 heteroatoms. The van der Waals surface area contributed by atoms with Crippen LogP contribution in [0.4, 0.5) is 5.69 Å². The minimum Gasteiger partial charge on any atom is -0.502 e. The highest BCUT2D eigenvalue weighted by Gasteiger charge is 2.28. The Kier molecular flexibility index (Phi) is 3.89. The Bertz CT molecular complexity index is 546. The molecule has 0 spiro atoms. The summed E-state index contributed by atoms with van der Waals surface area (Å²) in [6.45, 7) is 3.83. The van der Waals surface area contributed by atoms with E-state index in [1.54, 1.807) is 4.90 Å². The summed E-state index contributed by atoms with van der Waals surface area (Å²) >= 11 is 0. The summed E-state index contributed by atoms with van der Waals surface area (Å²) in [5, 5.41) is 20.7. The van der Waals surface area contributed by atoms with Crippen molar-refractivity contribution in [2.24, 2.45) is 0 Å². The molecule has 0 saturated carbocycles. The Morgan fingerprint density at radius 1 is 1.45 bits per heavy atom. The molecule has 1 aromatic carbocycles. The third-order valence-corrected chi connectivity index (χ3v) is 3.69. The lowest BCUT2D eigenvalue weighted by molar-refractivity contribution is -0.385. The van der Waals surface area contributed by atoms with E-state index in [1.807, 2.05) is 14.0 Å². The molecule has 20 heavy (non-hydrogen) atoms. The lowest BCUT2D eigenvalue weighted by Gasteiger charge is -2.37. The first-order valence-corrected chi connectivity index (χ1v) is 6.37. The van der Waals surface area contributed by atoms with Crippen LogP contribution in [-0.2, 0) is 0 Å². The second-order valence-corrected chi connectivity index (χ2v) is 5.01. The maximum Gasteiger partial charge on any atom is 0.311 e. The van der Waals surface area contributed by atoms with Crippen LogP contribution in [0.5, 0.6) is 5.75 Å². The van der Waals surface area contributed by atoms with Gasteiger partial charge in [-0.2, -0.15) is 0 Å². The van der Waals surface area contributed by atoms with Crippen molar-refractivity contribution in [2.45, 2.75) is 13.0 Å². The lowest BCUT2D eigenvalue weighted by atomic mass is 10.1. The van der Waals surface area contributed by atoms with Gasteiger partial charge in [-0.25, -0.2) is 0 Å². The Hall–Kier alpha value is -2.15. The van der Waals surface area contributed by atoms with Crippen molar-refractivity contribution in [3.63, 3.8) is 0 Å². The van der Waals surface area contributed by atoms with E-state index in [1.165, 1.54) is 18.2 Å². The van der Waals surface area contributed by atoms with Crippen molar-refractivity contribution in [3.05, 3.63) is 33.9 Å². The first kappa shape index (κ1) is 14.3. The Morgan fingerprint density at radius 3 is 2.75 bits per heavy atom. The average molecular weight is 279 g/mol. The third kappa shape index (κ3) is 2.57. The van der Waals surface area contributed by atoms with Crippen molar-refractivity contribution >= 4 is 11.6 Å².